The number of rotatable bonds is 3. The van der Waals surface area contributed by atoms with E-state index in [0.29, 0.717) is 18.2 Å². The number of piperidine rings is 1. The Balaban J connectivity index is 1.46. The van der Waals surface area contributed by atoms with Crippen LogP contribution in [-0.2, 0) is 4.74 Å². The molecule has 0 amide bonds. The molecule has 1 N–H and O–H groups in total. The summed E-state index contributed by atoms with van der Waals surface area (Å²) in [6.07, 6.45) is 5.26. The molecule has 2 unspecified atom stereocenters. The lowest BCUT2D eigenvalue weighted by atomic mass is 9.99. The van der Waals surface area contributed by atoms with Crippen LogP contribution in [0.5, 0.6) is 0 Å². The zero-order valence-electron chi connectivity index (χ0n) is 12.4. The van der Waals surface area contributed by atoms with Crippen molar-refractivity contribution in [3.05, 3.63) is 30.3 Å². The van der Waals surface area contributed by atoms with Crippen LogP contribution in [0.4, 0.5) is 5.69 Å². The molecule has 2 saturated heterocycles. The minimum Gasteiger partial charge on any atom is -0.378 e. The topological polar surface area (TPSA) is 24.5 Å². The molecule has 20 heavy (non-hydrogen) atoms. The highest BCUT2D eigenvalue weighted by atomic mass is 16.5. The van der Waals surface area contributed by atoms with Gasteiger partial charge in [0.1, 0.15) is 0 Å². The summed E-state index contributed by atoms with van der Waals surface area (Å²) in [4.78, 5) is 2.50. The van der Waals surface area contributed by atoms with Crippen LogP contribution in [0.3, 0.4) is 0 Å². The van der Waals surface area contributed by atoms with E-state index in [2.05, 4.69) is 47.5 Å². The van der Waals surface area contributed by atoms with Crippen molar-refractivity contribution in [3.8, 4) is 0 Å². The Morgan fingerprint density at radius 1 is 1.05 bits per heavy atom. The Hall–Kier alpha value is -1.06. The summed E-state index contributed by atoms with van der Waals surface area (Å²) in [5.74, 6) is 0. The molecular formula is C17H26N2O. The Bertz CT molecular complexity index is 401. The van der Waals surface area contributed by atoms with Crippen molar-refractivity contribution in [2.45, 2.75) is 50.8 Å². The molecule has 3 rings (SSSR count). The van der Waals surface area contributed by atoms with Gasteiger partial charge >= 0.3 is 0 Å². The standard InChI is InChI=1S/C17H26N2O/c1-14-13-16(9-12-20-14)18-15-7-10-19(11-8-15)17-5-3-2-4-6-17/h2-6,14-16,18H,7-13H2,1H3. The first-order chi connectivity index (χ1) is 9.81. The third-order valence-corrected chi connectivity index (χ3v) is 4.57. The van der Waals surface area contributed by atoms with Gasteiger partial charge in [-0.15, -0.1) is 0 Å². The number of nitrogens with one attached hydrogen (secondary N) is 1. The van der Waals surface area contributed by atoms with E-state index in [0.717, 1.165) is 6.61 Å². The second-order valence-electron chi connectivity index (χ2n) is 6.17. The fraction of sp³-hybridized carbons (Fsp3) is 0.647. The van der Waals surface area contributed by atoms with Crippen LogP contribution in [0.15, 0.2) is 30.3 Å². The maximum Gasteiger partial charge on any atom is 0.0561 e. The molecule has 3 heteroatoms. The molecule has 0 aliphatic carbocycles. The first-order valence-electron chi connectivity index (χ1n) is 7.99. The molecule has 2 fully saturated rings. The van der Waals surface area contributed by atoms with Gasteiger partial charge < -0.3 is 15.0 Å². The van der Waals surface area contributed by atoms with E-state index in [1.165, 1.54) is 44.5 Å². The average molecular weight is 274 g/mol. The summed E-state index contributed by atoms with van der Waals surface area (Å²) in [5, 5.41) is 3.85. The van der Waals surface area contributed by atoms with Crippen molar-refractivity contribution in [2.75, 3.05) is 24.6 Å². The molecule has 1 aromatic carbocycles. The van der Waals surface area contributed by atoms with Crippen LogP contribution in [0.2, 0.25) is 0 Å². The summed E-state index contributed by atoms with van der Waals surface area (Å²) >= 11 is 0. The fourth-order valence-electron chi connectivity index (χ4n) is 3.43. The molecule has 0 bridgehead atoms. The molecule has 3 nitrogen and oxygen atoms in total. The zero-order chi connectivity index (χ0) is 13.8. The van der Waals surface area contributed by atoms with E-state index >= 15 is 0 Å². The smallest absolute Gasteiger partial charge is 0.0561 e. The van der Waals surface area contributed by atoms with Gasteiger partial charge in [-0.3, -0.25) is 0 Å². The summed E-state index contributed by atoms with van der Waals surface area (Å²) in [6, 6.07) is 12.1. The normalized spacial score (nSPS) is 28.6. The largest absolute Gasteiger partial charge is 0.378 e. The van der Waals surface area contributed by atoms with Crippen LogP contribution in [-0.4, -0.2) is 37.9 Å². The molecule has 110 valence electrons. The van der Waals surface area contributed by atoms with E-state index in [1.807, 2.05) is 0 Å². The summed E-state index contributed by atoms with van der Waals surface area (Å²) in [5.41, 5.74) is 1.37. The van der Waals surface area contributed by atoms with Crippen LogP contribution >= 0.6 is 0 Å². The third-order valence-electron chi connectivity index (χ3n) is 4.57. The predicted octanol–water partition coefficient (Wildman–Crippen LogP) is 2.81. The van der Waals surface area contributed by atoms with E-state index in [4.69, 9.17) is 4.74 Å². The Kier molecular flexibility index (Phi) is 4.58. The molecule has 0 saturated carbocycles. The van der Waals surface area contributed by atoms with Crippen LogP contribution in [0.25, 0.3) is 0 Å². The maximum absolute atomic E-state index is 5.62. The molecule has 0 aromatic heterocycles. The summed E-state index contributed by atoms with van der Waals surface area (Å²) < 4.78 is 5.62. The maximum atomic E-state index is 5.62. The molecule has 2 heterocycles. The average Bonchev–Trinajstić information content (AvgIpc) is 2.49. The summed E-state index contributed by atoms with van der Waals surface area (Å²) in [7, 11) is 0. The SMILES string of the molecule is CC1CC(NC2CCN(c3ccccc3)CC2)CCO1. The number of hydrogen-bond donors (Lipinski definition) is 1. The lowest BCUT2D eigenvalue weighted by Crippen LogP contribution is -2.48. The van der Waals surface area contributed by atoms with Gasteiger partial charge in [0, 0.05) is 37.5 Å². The Morgan fingerprint density at radius 2 is 1.80 bits per heavy atom. The molecule has 0 spiro atoms. The molecule has 2 aliphatic rings. The first kappa shape index (κ1) is 13.9. The highest BCUT2D eigenvalue weighted by molar-refractivity contribution is 5.46. The van der Waals surface area contributed by atoms with Crippen molar-refractivity contribution in [1.82, 2.24) is 5.32 Å². The minimum absolute atomic E-state index is 0.422. The van der Waals surface area contributed by atoms with Gasteiger partial charge in [-0.1, -0.05) is 18.2 Å². The second kappa shape index (κ2) is 6.59. The molecular weight excluding hydrogens is 248 g/mol. The Labute approximate surface area is 122 Å². The number of nitrogens with zero attached hydrogens (tertiary/aromatic N) is 1. The number of benzene rings is 1. The number of anilines is 1. The summed E-state index contributed by atoms with van der Waals surface area (Å²) in [6.45, 7) is 5.44. The van der Waals surface area contributed by atoms with Gasteiger partial charge in [0.05, 0.1) is 6.10 Å². The highest BCUT2D eigenvalue weighted by Crippen LogP contribution is 2.21. The van der Waals surface area contributed by atoms with Gasteiger partial charge in [-0.2, -0.15) is 0 Å². The van der Waals surface area contributed by atoms with E-state index < -0.39 is 0 Å². The van der Waals surface area contributed by atoms with Crippen LogP contribution in [0, 0.1) is 0 Å². The zero-order valence-corrected chi connectivity index (χ0v) is 12.4. The number of hydrogen-bond acceptors (Lipinski definition) is 3. The number of ether oxygens (including phenoxy) is 1. The number of para-hydroxylation sites is 1. The lowest BCUT2D eigenvalue weighted by Gasteiger charge is -2.37. The second-order valence-corrected chi connectivity index (χ2v) is 6.17. The molecule has 2 aliphatic heterocycles. The predicted molar refractivity (Wildman–Crippen MR) is 83.2 cm³/mol. The lowest BCUT2D eigenvalue weighted by molar-refractivity contribution is 0.0107. The van der Waals surface area contributed by atoms with Crippen molar-refractivity contribution < 1.29 is 4.74 Å². The van der Waals surface area contributed by atoms with Gasteiger partial charge in [0.15, 0.2) is 0 Å². The highest BCUT2D eigenvalue weighted by Gasteiger charge is 2.24. The van der Waals surface area contributed by atoms with Crippen molar-refractivity contribution >= 4 is 5.69 Å². The first-order valence-corrected chi connectivity index (χ1v) is 7.99. The van der Waals surface area contributed by atoms with E-state index in [-0.39, 0.29) is 0 Å². The van der Waals surface area contributed by atoms with E-state index in [9.17, 15) is 0 Å². The van der Waals surface area contributed by atoms with Gasteiger partial charge in [-0.25, -0.2) is 0 Å². The molecule has 2 atom stereocenters. The quantitative estimate of drug-likeness (QED) is 0.917. The van der Waals surface area contributed by atoms with Crippen molar-refractivity contribution in [3.63, 3.8) is 0 Å². The molecule has 1 aromatic rings. The van der Waals surface area contributed by atoms with E-state index in [1.54, 1.807) is 0 Å². The van der Waals surface area contributed by atoms with Gasteiger partial charge in [0.2, 0.25) is 0 Å². The van der Waals surface area contributed by atoms with Crippen molar-refractivity contribution in [1.29, 1.82) is 0 Å². The minimum atomic E-state index is 0.422. The Morgan fingerprint density at radius 3 is 2.50 bits per heavy atom. The van der Waals surface area contributed by atoms with Crippen LogP contribution < -0.4 is 10.2 Å². The monoisotopic (exact) mass is 274 g/mol. The fourth-order valence-corrected chi connectivity index (χ4v) is 3.43. The van der Waals surface area contributed by atoms with Gasteiger partial charge in [-0.05, 0) is 44.7 Å². The van der Waals surface area contributed by atoms with Crippen molar-refractivity contribution in [2.24, 2.45) is 0 Å². The van der Waals surface area contributed by atoms with Crippen LogP contribution in [0.1, 0.15) is 32.6 Å². The third kappa shape index (κ3) is 3.53. The molecule has 0 radical (unpaired) electrons. The van der Waals surface area contributed by atoms with Gasteiger partial charge in [0.25, 0.3) is 0 Å².